The van der Waals surface area contributed by atoms with Crippen molar-refractivity contribution < 1.29 is 28.2 Å². The molecule has 7 heteroatoms. The first-order valence-electron chi connectivity index (χ1n) is 6.39. The second-order valence-electron chi connectivity index (χ2n) is 4.43. The van der Waals surface area contributed by atoms with Crippen molar-refractivity contribution >= 4 is 11.9 Å². The summed E-state index contributed by atoms with van der Waals surface area (Å²) in [6.07, 6.45) is 0. The van der Waals surface area contributed by atoms with E-state index in [1.54, 1.807) is 0 Å². The van der Waals surface area contributed by atoms with E-state index in [9.17, 15) is 14.0 Å². The number of halogens is 1. The Labute approximate surface area is 121 Å². The molecule has 1 fully saturated rings. The number of morpholine rings is 1. The molecular weight excluding hydrogens is 281 g/mol. The van der Waals surface area contributed by atoms with E-state index in [0.29, 0.717) is 0 Å². The van der Waals surface area contributed by atoms with Gasteiger partial charge in [0.15, 0.2) is 6.04 Å². The first-order valence-corrected chi connectivity index (χ1v) is 6.39. The summed E-state index contributed by atoms with van der Waals surface area (Å²) in [6.45, 7) is 0.473. The maximum atomic E-state index is 14.0. The van der Waals surface area contributed by atoms with Crippen molar-refractivity contribution in [3.05, 3.63) is 29.6 Å². The monoisotopic (exact) mass is 297 g/mol. The lowest BCUT2D eigenvalue weighted by Gasteiger charge is -2.33. The SMILES string of the molecule is COC(=O)C1COCCN1C(=O)c1c(F)cccc1OC. The summed E-state index contributed by atoms with van der Waals surface area (Å²) in [5.41, 5.74) is -0.198. The van der Waals surface area contributed by atoms with E-state index in [-0.39, 0.29) is 31.1 Å². The van der Waals surface area contributed by atoms with Gasteiger partial charge in [-0.1, -0.05) is 6.07 Å². The van der Waals surface area contributed by atoms with E-state index in [4.69, 9.17) is 9.47 Å². The number of ether oxygens (including phenoxy) is 3. The maximum Gasteiger partial charge on any atom is 0.331 e. The Balaban J connectivity index is 2.35. The van der Waals surface area contributed by atoms with Crippen molar-refractivity contribution in [3.63, 3.8) is 0 Å². The molecule has 2 rings (SSSR count). The molecule has 0 aromatic heterocycles. The fraction of sp³-hybridized carbons (Fsp3) is 0.429. The van der Waals surface area contributed by atoms with E-state index in [1.807, 2.05) is 0 Å². The van der Waals surface area contributed by atoms with Crippen LogP contribution in [-0.4, -0.2) is 56.8 Å². The van der Waals surface area contributed by atoms with Crippen LogP contribution in [0.3, 0.4) is 0 Å². The van der Waals surface area contributed by atoms with Crippen LogP contribution in [0, 0.1) is 5.82 Å². The number of carbonyl (C=O) groups excluding carboxylic acids is 2. The van der Waals surface area contributed by atoms with Gasteiger partial charge in [-0.2, -0.15) is 0 Å². The number of esters is 1. The van der Waals surface area contributed by atoms with Crippen LogP contribution in [0.2, 0.25) is 0 Å². The van der Waals surface area contributed by atoms with Gasteiger partial charge in [0, 0.05) is 6.54 Å². The fourth-order valence-electron chi connectivity index (χ4n) is 2.20. The van der Waals surface area contributed by atoms with Gasteiger partial charge in [-0.3, -0.25) is 4.79 Å². The summed E-state index contributed by atoms with van der Waals surface area (Å²) in [5.74, 6) is -1.80. The van der Waals surface area contributed by atoms with Crippen LogP contribution in [-0.2, 0) is 14.3 Å². The second-order valence-corrected chi connectivity index (χ2v) is 4.43. The average Bonchev–Trinajstić information content (AvgIpc) is 2.53. The van der Waals surface area contributed by atoms with Crippen LogP contribution in [0.4, 0.5) is 4.39 Å². The highest BCUT2D eigenvalue weighted by molar-refractivity contribution is 5.99. The normalized spacial score (nSPS) is 18.2. The largest absolute Gasteiger partial charge is 0.496 e. The quantitative estimate of drug-likeness (QED) is 0.774. The molecule has 0 bridgehead atoms. The van der Waals surface area contributed by atoms with Crippen LogP contribution in [0.15, 0.2) is 18.2 Å². The molecule has 0 radical (unpaired) electrons. The van der Waals surface area contributed by atoms with E-state index in [1.165, 1.54) is 37.3 Å². The predicted molar refractivity (Wildman–Crippen MR) is 70.6 cm³/mol. The molecule has 0 aliphatic carbocycles. The first-order chi connectivity index (χ1) is 10.1. The lowest BCUT2D eigenvalue weighted by Crippen LogP contribution is -2.53. The third-order valence-corrected chi connectivity index (χ3v) is 3.27. The molecule has 0 N–H and O–H groups in total. The predicted octanol–water partition coefficient (Wildman–Crippen LogP) is 0.848. The van der Waals surface area contributed by atoms with Crippen LogP contribution in [0.1, 0.15) is 10.4 Å². The molecule has 1 saturated heterocycles. The molecule has 21 heavy (non-hydrogen) atoms. The average molecular weight is 297 g/mol. The number of amides is 1. The highest BCUT2D eigenvalue weighted by atomic mass is 19.1. The minimum atomic E-state index is -0.888. The third kappa shape index (κ3) is 2.97. The van der Waals surface area contributed by atoms with Gasteiger partial charge in [0.1, 0.15) is 17.1 Å². The molecule has 1 amide bonds. The molecule has 1 aliphatic heterocycles. The van der Waals surface area contributed by atoms with Gasteiger partial charge in [0.2, 0.25) is 0 Å². The Morgan fingerprint density at radius 1 is 1.38 bits per heavy atom. The highest BCUT2D eigenvalue weighted by Crippen LogP contribution is 2.24. The first kappa shape index (κ1) is 15.2. The van der Waals surface area contributed by atoms with E-state index in [0.717, 1.165) is 0 Å². The van der Waals surface area contributed by atoms with Gasteiger partial charge in [-0.15, -0.1) is 0 Å². The number of carbonyl (C=O) groups is 2. The minimum absolute atomic E-state index is 0.0230. The molecule has 114 valence electrons. The van der Waals surface area contributed by atoms with Crippen molar-refractivity contribution in [3.8, 4) is 5.75 Å². The Kier molecular flexibility index (Phi) is 4.74. The van der Waals surface area contributed by atoms with E-state index in [2.05, 4.69) is 4.74 Å². The van der Waals surface area contributed by atoms with E-state index >= 15 is 0 Å². The molecule has 1 aliphatic rings. The zero-order chi connectivity index (χ0) is 15.4. The molecule has 1 atom stereocenters. The van der Waals surface area contributed by atoms with Gasteiger partial charge < -0.3 is 19.1 Å². The molecule has 1 unspecified atom stereocenters. The fourth-order valence-corrected chi connectivity index (χ4v) is 2.20. The molecule has 1 aromatic rings. The van der Waals surface area contributed by atoms with Gasteiger partial charge >= 0.3 is 5.97 Å². The summed E-state index contributed by atoms with van der Waals surface area (Å²) in [7, 11) is 2.58. The van der Waals surface area contributed by atoms with Crippen molar-refractivity contribution in [2.24, 2.45) is 0 Å². The van der Waals surface area contributed by atoms with Gasteiger partial charge in [-0.25, -0.2) is 9.18 Å². The summed E-state index contributed by atoms with van der Waals surface area (Å²) in [5, 5.41) is 0. The summed E-state index contributed by atoms with van der Waals surface area (Å²) in [6, 6.07) is 3.22. The Bertz CT molecular complexity index is 548. The van der Waals surface area contributed by atoms with Gasteiger partial charge in [-0.05, 0) is 12.1 Å². The molecule has 6 nitrogen and oxygen atoms in total. The van der Waals surface area contributed by atoms with Gasteiger partial charge in [0.25, 0.3) is 5.91 Å². The Morgan fingerprint density at radius 2 is 2.14 bits per heavy atom. The van der Waals surface area contributed by atoms with Crippen LogP contribution >= 0.6 is 0 Å². The van der Waals surface area contributed by atoms with Crippen LogP contribution in [0.25, 0.3) is 0 Å². The summed E-state index contributed by atoms with van der Waals surface area (Å²) >= 11 is 0. The summed E-state index contributed by atoms with van der Waals surface area (Å²) < 4.78 is 28.8. The van der Waals surface area contributed by atoms with Crippen molar-refractivity contribution in [2.45, 2.75) is 6.04 Å². The zero-order valence-corrected chi connectivity index (χ0v) is 11.8. The van der Waals surface area contributed by atoms with Crippen molar-refractivity contribution in [1.82, 2.24) is 4.90 Å². The molecule has 0 spiro atoms. The number of hydrogen-bond acceptors (Lipinski definition) is 5. The lowest BCUT2D eigenvalue weighted by atomic mass is 10.1. The number of nitrogens with zero attached hydrogens (tertiary/aromatic N) is 1. The molecule has 1 aromatic carbocycles. The number of methoxy groups -OCH3 is 2. The molecule has 1 heterocycles. The van der Waals surface area contributed by atoms with Crippen LogP contribution in [0.5, 0.6) is 5.75 Å². The summed E-state index contributed by atoms with van der Waals surface area (Å²) in [4.78, 5) is 25.6. The van der Waals surface area contributed by atoms with E-state index < -0.39 is 23.7 Å². The molecular formula is C14H16FNO5. The number of rotatable bonds is 3. The molecule has 0 saturated carbocycles. The zero-order valence-electron chi connectivity index (χ0n) is 11.8. The Hall–Kier alpha value is -2.15. The maximum absolute atomic E-state index is 14.0. The number of benzene rings is 1. The highest BCUT2D eigenvalue weighted by Gasteiger charge is 2.36. The van der Waals surface area contributed by atoms with Gasteiger partial charge in [0.05, 0.1) is 27.4 Å². The Morgan fingerprint density at radius 3 is 2.81 bits per heavy atom. The number of hydrogen-bond donors (Lipinski definition) is 0. The topological polar surface area (TPSA) is 65.1 Å². The lowest BCUT2D eigenvalue weighted by molar-refractivity contribution is -0.151. The van der Waals surface area contributed by atoms with Crippen molar-refractivity contribution in [1.29, 1.82) is 0 Å². The smallest absolute Gasteiger partial charge is 0.331 e. The standard InChI is InChI=1S/C14H16FNO5/c1-19-11-5-3-4-9(15)12(11)13(17)16-6-7-21-8-10(16)14(18)20-2/h3-5,10H,6-8H2,1-2H3. The third-order valence-electron chi connectivity index (χ3n) is 3.27. The van der Waals surface area contributed by atoms with Crippen LogP contribution < -0.4 is 4.74 Å². The minimum Gasteiger partial charge on any atom is -0.496 e. The van der Waals surface area contributed by atoms with Crippen molar-refractivity contribution in [2.75, 3.05) is 34.0 Å². The second kappa shape index (κ2) is 6.53.